The monoisotopic (exact) mass is 391 g/mol. The summed E-state index contributed by atoms with van der Waals surface area (Å²) in [5, 5.41) is 3.34. The lowest BCUT2D eigenvalue weighted by molar-refractivity contribution is 0.0992. The third-order valence-corrected chi connectivity index (χ3v) is 4.53. The van der Waals surface area contributed by atoms with E-state index >= 15 is 0 Å². The maximum absolute atomic E-state index is 12.8. The van der Waals surface area contributed by atoms with Crippen molar-refractivity contribution in [2.24, 2.45) is 0 Å². The van der Waals surface area contributed by atoms with Crippen LogP contribution in [0.25, 0.3) is 0 Å². The van der Waals surface area contributed by atoms with Gasteiger partial charge in [0.25, 0.3) is 0 Å². The van der Waals surface area contributed by atoms with E-state index in [1.165, 1.54) is 5.56 Å². The molecule has 0 aliphatic rings. The summed E-state index contributed by atoms with van der Waals surface area (Å²) in [6.45, 7) is 3.30. The summed E-state index contributed by atoms with van der Waals surface area (Å²) in [7, 11) is 3.54. The van der Waals surface area contributed by atoms with Gasteiger partial charge in [-0.05, 0) is 30.7 Å². The quantitative estimate of drug-likeness (QED) is 0.560. The molecule has 7 nitrogen and oxygen atoms in total. The molecule has 3 rings (SSSR count). The number of aryl methyl sites for hydroxylation is 1. The lowest BCUT2D eigenvalue weighted by Crippen LogP contribution is -2.24. The van der Waals surface area contributed by atoms with Gasteiger partial charge in [-0.3, -0.25) is 9.78 Å². The van der Waals surface area contributed by atoms with Crippen LogP contribution < -0.4 is 10.2 Å². The van der Waals surface area contributed by atoms with E-state index in [-0.39, 0.29) is 12.2 Å². The number of Topliss-reactive ketones (excluding diaryl/α,β-unsaturated/α-hetero) is 1. The second-order valence-corrected chi connectivity index (χ2v) is 6.81. The SMILES string of the molecule is COCCN(C)c1ncc(C(=O)Cc2ccncc2Nc2ccc(C)cc2)cn1. The highest BCUT2D eigenvalue weighted by Gasteiger charge is 2.13. The zero-order valence-electron chi connectivity index (χ0n) is 16.9. The van der Waals surface area contributed by atoms with Crippen LogP contribution in [0.3, 0.4) is 0 Å². The van der Waals surface area contributed by atoms with Gasteiger partial charge in [-0.2, -0.15) is 0 Å². The average Bonchev–Trinajstić information content (AvgIpc) is 2.75. The number of nitrogens with one attached hydrogen (secondary N) is 1. The molecule has 0 bridgehead atoms. The van der Waals surface area contributed by atoms with Gasteiger partial charge in [-0.1, -0.05) is 17.7 Å². The number of anilines is 3. The molecule has 1 N–H and O–H groups in total. The van der Waals surface area contributed by atoms with Crippen LogP contribution in [-0.4, -0.2) is 48.0 Å². The summed E-state index contributed by atoms with van der Waals surface area (Å²) in [5.41, 5.74) is 4.29. The van der Waals surface area contributed by atoms with Gasteiger partial charge in [0.2, 0.25) is 5.95 Å². The molecule has 0 fully saturated rings. The van der Waals surface area contributed by atoms with E-state index in [2.05, 4.69) is 20.3 Å². The number of rotatable bonds is 9. The number of hydrogen-bond donors (Lipinski definition) is 1. The molecule has 0 amide bonds. The molecule has 0 radical (unpaired) electrons. The van der Waals surface area contributed by atoms with Crippen LogP contribution in [0.2, 0.25) is 0 Å². The molecule has 0 saturated carbocycles. The predicted octanol–water partition coefficient (Wildman–Crippen LogP) is 3.43. The Morgan fingerprint density at radius 2 is 1.83 bits per heavy atom. The molecule has 3 aromatic rings. The van der Waals surface area contributed by atoms with Crippen molar-refractivity contribution in [1.29, 1.82) is 0 Å². The molecule has 0 spiro atoms. The topological polar surface area (TPSA) is 80.2 Å². The molecule has 1 aromatic carbocycles. The van der Waals surface area contributed by atoms with Crippen molar-refractivity contribution in [3.63, 3.8) is 0 Å². The Morgan fingerprint density at radius 1 is 1.10 bits per heavy atom. The van der Waals surface area contributed by atoms with Crippen LogP contribution >= 0.6 is 0 Å². The van der Waals surface area contributed by atoms with Gasteiger partial charge < -0.3 is 15.0 Å². The summed E-state index contributed by atoms with van der Waals surface area (Å²) >= 11 is 0. The second kappa shape index (κ2) is 9.75. The highest BCUT2D eigenvalue weighted by Crippen LogP contribution is 2.22. The van der Waals surface area contributed by atoms with Crippen molar-refractivity contribution in [2.45, 2.75) is 13.3 Å². The fourth-order valence-corrected chi connectivity index (χ4v) is 2.75. The van der Waals surface area contributed by atoms with Crippen LogP contribution in [-0.2, 0) is 11.2 Å². The number of methoxy groups -OCH3 is 1. The van der Waals surface area contributed by atoms with Crippen molar-refractivity contribution in [3.05, 3.63) is 71.8 Å². The van der Waals surface area contributed by atoms with Gasteiger partial charge in [0, 0.05) is 51.4 Å². The molecule has 7 heteroatoms. The minimum absolute atomic E-state index is 0.0470. The molecule has 0 aliphatic heterocycles. The summed E-state index contributed by atoms with van der Waals surface area (Å²) in [6, 6.07) is 9.92. The van der Waals surface area contributed by atoms with Gasteiger partial charge in [0.1, 0.15) is 0 Å². The third-order valence-electron chi connectivity index (χ3n) is 4.53. The fraction of sp³-hybridized carbons (Fsp3) is 0.273. The van der Waals surface area contributed by atoms with Gasteiger partial charge in [0.15, 0.2) is 5.78 Å². The number of carbonyl (C=O) groups excluding carboxylic acids is 1. The summed E-state index contributed by atoms with van der Waals surface area (Å²) in [4.78, 5) is 27.4. The molecule has 150 valence electrons. The Labute approximate surface area is 170 Å². The van der Waals surface area contributed by atoms with Gasteiger partial charge >= 0.3 is 0 Å². The highest BCUT2D eigenvalue weighted by molar-refractivity contribution is 5.97. The van der Waals surface area contributed by atoms with Crippen molar-refractivity contribution in [1.82, 2.24) is 15.0 Å². The zero-order chi connectivity index (χ0) is 20.6. The Hall–Kier alpha value is -3.32. The van der Waals surface area contributed by atoms with E-state index in [4.69, 9.17) is 4.74 Å². The molecule has 2 heterocycles. The van der Waals surface area contributed by atoms with Crippen LogP contribution in [0, 0.1) is 6.92 Å². The highest BCUT2D eigenvalue weighted by atomic mass is 16.5. The first-order valence-corrected chi connectivity index (χ1v) is 9.38. The minimum atomic E-state index is -0.0470. The van der Waals surface area contributed by atoms with E-state index in [0.29, 0.717) is 24.7 Å². The van der Waals surface area contributed by atoms with Crippen LogP contribution in [0.1, 0.15) is 21.5 Å². The fourth-order valence-electron chi connectivity index (χ4n) is 2.75. The van der Waals surface area contributed by atoms with Gasteiger partial charge in [0.05, 0.1) is 24.1 Å². The Morgan fingerprint density at radius 3 is 2.52 bits per heavy atom. The lowest BCUT2D eigenvalue weighted by atomic mass is 10.0. The first-order valence-electron chi connectivity index (χ1n) is 9.38. The number of ether oxygens (including phenoxy) is 1. The third kappa shape index (κ3) is 5.58. The number of ketones is 1. The van der Waals surface area contributed by atoms with Crippen molar-refractivity contribution in [3.8, 4) is 0 Å². The van der Waals surface area contributed by atoms with Crippen LogP contribution in [0.4, 0.5) is 17.3 Å². The molecule has 0 unspecified atom stereocenters. The standard InChI is InChI=1S/C22H25N5O2/c1-16-4-6-19(7-5-16)26-20-15-23-9-8-17(20)12-21(28)18-13-24-22(25-14-18)27(2)10-11-29-3/h4-9,13-15,26H,10-12H2,1-3H3. The number of carbonyl (C=O) groups is 1. The zero-order valence-corrected chi connectivity index (χ0v) is 16.9. The Kier molecular flexibility index (Phi) is 6.86. The molecular weight excluding hydrogens is 366 g/mol. The summed E-state index contributed by atoms with van der Waals surface area (Å²) in [5.74, 6) is 0.512. The number of hydrogen-bond acceptors (Lipinski definition) is 7. The maximum Gasteiger partial charge on any atom is 0.225 e. The Bertz CT molecular complexity index is 942. The predicted molar refractivity (Wildman–Crippen MR) is 114 cm³/mol. The number of likely N-dealkylation sites (N-methyl/N-ethyl adjacent to an activating group) is 1. The van der Waals surface area contributed by atoms with E-state index < -0.39 is 0 Å². The first kappa shape index (κ1) is 20.4. The normalized spacial score (nSPS) is 10.6. The average molecular weight is 391 g/mol. The van der Waals surface area contributed by atoms with Crippen molar-refractivity contribution < 1.29 is 9.53 Å². The molecule has 0 atom stereocenters. The number of aromatic nitrogens is 3. The summed E-state index contributed by atoms with van der Waals surface area (Å²) < 4.78 is 5.06. The lowest BCUT2D eigenvalue weighted by Gasteiger charge is -2.16. The molecule has 0 aliphatic carbocycles. The van der Waals surface area contributed by atoms with Crippen LogP contribution in [0.5, 0.6) is 0 Å². The second-order valence-electron chi connectivity index (χ2n) is 6.81. The van der Waals surface area contributed by atoms with E-state index in [1.807, 2.05) is 49.2 Å². The first-order chi connectivity index (χ1) is 14.1. The maximum atomic E-state index is 12.8. The van der Waals surface area contributed by atoms with Gasteiger partial charge in [-0.15, -0.1) is 0 Å². The van der Waals surface area contributed by atoms with E-state index in [0.717, 1.165) is 16.9 Å². The largest absolute Gasteiger partial charge is 0.383 e. The smallest absolute Gasteiger partial charge is 0.225 e. The van der Waals surface area contributed by atoms with Crippen LogP contribution in [0.15, 0.2) is 55.1 Å². The Balaban J connectivity index is 1.70. The molecular formula is C22H25N5O2. The minimum Gasteiger partial charge on any atom is -0.383 e. The molecule has 0 saturated heterocycles. The van der Waals surface area contributed by atoms with E-state index in [1.54, 1.807) is 31.9 Å². The summed E-state index contributed by atoms with van der Waals surface area (Å²) in [6.07, 6.45) is 6.80. The number of benzene rings is 1. The number of pyridine rings is 1. The van der Waals surface area contributed by atoms with E-state index in [9.17, 15) is 4.79 Å². The molecule has 2 aromatic heterocycles. The molecule has 29 heavy (non-hydrogen) atoms. The van der Waals surface area contributed by atoms with Crippen molar-refractivity contribution >= 4 is 23.1 Å². The van der Waals surface area contributed by atoms with Gasteiger partial charge in [-0.25, -0.2) is 9.97 Å². The van der Waals surface area contributed by atoms with Crippen molar-refractivity contribution in [2.75, 3.05) is 37.5 Å². The number of nitrogens with zero attached hydrogens (tertiary/aromatic N) is 4.